The number of phenols is 1. The monoisotopic (exact) mass is 704 g/mol. The first kappa shape index (κ1) is 36.3. The zero-order valence-corrected chi connectivity index (χ0v) is 27.9. The van der Waals surface area contributed by atoms with Crippen molar-refractivity contribution in [2.45, 2.75) is 37.0 Å². The minimum atomic E-state index is -4.16. The number of fused-ring (bicyclic) bond motifs is 3. The van der Waals surface area contributed by atoms with Crippen molar-refractivity contribution in [1.82, 2.24) is 19.7 Å². The molecule has 4 rings (SSSR count). The topological polar surface area (TPSA) is 220 Å². The Balaban J connectivity index is 1.89. The minimum Gasteiger partial charge on any atom is -0.508 e. The summed E-state index contributed by atoms with van der Waals surface area (Å²) >= 11 is 11.8. The van der Waals surface area contributed by atoms with E-state index in [-0.39, 0.29) is 62.0 Å². The van der Waals surface area contributed by atoms with Crippen LogP contribution in [0.2, 0.25) is 0 Å². The van der Waals surface area contributed by atoms with Gasteiger partial charge in [0.2, 0.25) is 5.78 Å². The summed E-state index contributed by atoms with van der Waals surface area (Å²) in [6.07, 6.45) is -0.166. The highest BCUT2D eigenvalue weighted by atomic mass is 35.5. The number of amides is 1. The fourth-order valence-corrected chi connectivity index (χ4v) is 9.46. The number of nitrogens with one attached hydrogen (secondary N) is 2. The minimum absolute atomic E-state index is 0.0217. The Kier molecular flexibility index (Phi) is 10.7. The second-order valence-electron chi connectivity index (χ2n) is 11.9. The molecule has 0 radical (unpaired) electrons. The van der Waals surface area contributed by atoms with Gasteiger partial charge in [0.25, 0.3) is 5.91 Å². The lowest BCUT2D eigenvalue weighted by Gasteiger charge is -2.53. The molecule has 1 amide bonds. The van der Waals surface area contributed by atoms with Crippen LogP contribution in [-0.2, 0) is 24.5 Å². The van der Waals surface area contributed by atoms with Crippen LogP contribution in [0.25, 0.3) is 5.76 Å². The van der Waals surface area contributed by atoms with E-state index in [9.17, 15) is 49.6 Å². The summed E-state index contributed by atoms with van der Waals surface area (Å²) in [6, 6.07) is 2.75. The number of halogens is 2. The van der Waals surface area contributed by atoms with E-state index in [1.807, 2.05) is 0 Å². The molecule has 6 unspecified atom stereocenters. The normalized spacial score (nSPS) is 29.0. The molecule has 0 spiro atoms. The van der Waals surface area contributed by atoms with Crippen LogP contribution in [0.1, 0.15) is 30.9 Å². The summed E-state index contributed by atoms with van der Waals surface area (Å²) in [7, 11) is -1.24. The lowest BCUT2D eigenvalue weighted by atomic mass is 9.54. The van der Waals surface area contributed by atoms with E-state index in [0.29, 0.717) is 0 Å². The summed E-state index contributed by atoms with van der Waals surface area (Å²) < 4.78 is 15.4. The number of hydrogen-bond acceptors (Lipinski definition) is 11. The van der Waals surface area contributed by atoms with Crippen LogP contribution in [0.3, 0.4) is 0 Å². The van der Waals surface area contributed by atoms with Crippen molar-refractivity contribution in [3.8, 4) is 5.75 Å². The number of carbonyl (C=O) groups is 3. The molecule has 0 aromatic heterocycles. The zero-order valence-electron chi connectivity index (χ0n) is 25.5. The molecule has 46 heavy (non-hydrogen) atoms. The summed E-state index contributed by atoms with van der Waals surface area (Å²) in [5.74, 6) is -8.77. The van der Waals surface area contributed by atoms with Gasteiger partial charge >= 0.3 is 7.59 Å². The van der Waals surface area contributed by atoms with Crippen LogP contribution in [-0.4, -0.2) is 121 Å². The number of aliphatic hydroxyl groups excluding tert-OH is 3. The summed E-state index contributed by atoms with van der Waals surface area (Å²) in [5, 5.41) is 71.3. The van der Waals surface area contributed by atoms with Crippen molar-refractivity contribution in [3.63, 3.8) is 0 Å². The number of aromatic hydroxyl groups is 1. The van der Waals surface area contributed by atoms with E-state index in [1.165, 1.54) is 48.8 Å². The zero-order chi connectivity index (χ0) is 34.4. The van der Waals surface area contributed by atoms with Gasteiger partial charge in [-0.2, -0.15) is 0 Å². The molecule has 0 heterocycles. The van der Waals surface area contributed by atoms with Gasteiger partial charge in [0.05, 0.1) is 17.2 Å². The second-order valence-corrected chi connectivity index (χ2v) is 14.9. The maximum absolute atomic E-state index is 14.3. The molecule has 0 bridgehead atoms. The molecule has 0 saturated heterocycles. The van der Waals surface area contributed by atoms with Gasteiger partial charge in [0.15, 0.2) is 11.4 Å². The Morgan fingerprint density at radius 3 is 2.30 bits per heavy atom. The quantitative estimate of drug-likeness (QED) is 0.0663. The number of aliphatic hydroxyl groups is 5. The largest absolute Gasteiger partial charge is 0.508 e. The molecule has 14 nitrogen and oxygen atoms in total. The van der Waals surface area contributed by atoms with Gasteiger partial charge in [-0.25, -0.2) is 9.76 Å². The third-order valence-electron chi connectivity index (χ3n) is 9.00. The van der Waals surface area contributed by atoms with E-state index < -0.39 is 82.6 Å². The van der Waals surface area contributed by atoms with Crippen LogP contribution < -0.4 is 10.2 Å². The molecule has 1 aromatic carbocycles. The molecule has 254 valence electrons. The third kappa shape index (κ3) is 5.78. The average Bonchev–Trinajstić information content (AvgIpc) is 2.97. The van der Waals surface area contributed by atoms with Gasteiger partial charge in [-0.1, -0.05) is 12.1 Å². The Morgan fingerprint density at radius 1 is 1.11 bits per heavy atom. The molecule has 0 aliphatic heterocycles. The van der Waals surface area contributed by atoms with Crippen LogP contribution in [0, 0.1) is 11.8 Å². The van der Waals surface area contributed by atoms with Crippen LogP contribution >= 0.6 is 30.8 Å². The fraction of sp³-hybridized carbons (Fsp3) is 0.552. The van der Waals surface area contributed by atoms with Crippen LogP contribution in [0.15, 0.2) is 35.1 Å². The van der Waals surface area contributed by atoms with E-state index in [1.54, 1.807) is 0 Å². The number of hydrogen-bond donors (Lipinski definition) is 8. The van der Waals surface area contributed by atoms with Gasteiger partial charge < -0.3 is 30.6 Å². The molecule has 3 aliphatic rings. The molecule has 1 fully saturated rings. The van der Waals surface area contributed by atoms with Crippen molar-refractivity contribution in [1.29, 1.82) is 0 Å². The number of rotatable bonds is 12. The molecule has 1 saturated carbocycles. The highest BCUT2D eigenvalue weighted by Gasteiger charge is 2.66. The summed E-state index contributed by atoms with van der Waals surface area (Å²) in [5.41, 5.74) is -6.47. The third-order valence-corrected chi connectivity index (χ3v) is 11.7. The summed E-state index contributed by atoms with van der Waals surface area (Å²) in [4.78, 5) is 43.5. The van der Waals surface area contributed by atoms with Gasteiger partial charge in [-0.05, 0) is 45.5 Å². The first-order valence-electron chi connectivity index (χ1n) is 14.6. The van der Waals surface area contributed by atoms with E-state index in [0.717, 1.165) is 0 Å². The Morgan fingerprint density at radius 2 is 1.74 bits per heavy atom. The number of Topliss-reactive ketones (excluding diaryl/α,β-unsaturated/α-hetero) is 2. The van der Waals surface area contributed by atoms with Crippen molar-refractivity contribution < 1.29 is 49.6 Å². The number of carbonyl (C=O) groups excluding carboxylic acids is 3. The molecule has 17 heteroatoms. The number of benzene rings is 1. The van der Waals surface area contributed by atoms with Crippen LogP contribution in [0.5, 0.6) is 5.75 Å². The molecule has 8 N–H and O–H groups in total. The Bertz CT molecular complexity index is 1530. The highest BCUT2D eigenvalue weighted by Crippen LogP contribution is 2.57. The summed E-state index contributed by atoms with van der Waals surface area (Å²) in [6.45, 7) is 1.02. The number of alkyl halides is 2. The van der Waals surface area contributed by atoms with E-state index in [4.69, 9.17) is 23.2 Å². The number of ketones is 2. The van der Waals surface area contributed by atoms with Gasteiger partial charge in [-0.15, -0.1) is 23.2 Å². The second kappa shape index (κ2) is 13.5. The van der Waals surface area contributed by atoms with E-state index >= 15 is 0 Å². The molecule has 6 atom stereocenters. The SMILES string of the molecule is CN(C)C1C(=O)C(C(=O)NP(=O)(NCCCO)N(CCCl)CCCl)=C(O)C2(O)C(=O)C3=C(O)c4c(O)cccc4C(C)(O)C3CC12. The lowest BCUT2D eigenvalue weighted by Crippen LogP contribution is -2.67. The maximum atomic E-state index is 14.3. The average molecular weight is 706 g/mol. The van der Waals surface area contributed by atoms with Gasteiger partial charge in [0, 0.05) is 55.4 Å². The van der Waals surface area contributed by atoms with Crippen molar-refractivity contribution in [2.24, 2.45) is 11.8 Å². The molecular formula is C29H39Cl2N4O10P. The Labute approximate surface area is 275 Å². The van der Waals surface area contributed by atoms with Gasteiger partial charge in [0.1, 0.15) is 22.8 Å². The Hall–Kier alpha value is -2.52. The number of phenolic OH excluding ortho intramolecular Hbond substituents is 1. The number of likely N-dealkylation sites (N-methyl/N-ethyl adjacent to an activating group) is 1. The lowest BCUT2D eigenvalue weighted by molar-refractivity contribution is -0.159. The van der Waals surface area contributed by atoms with Crippen molar-refractivity contribution in [3.05, 3.63) is 46.2 Å². The van der Waals surface area contributed by atoms with Crippen LogP contribution in [0.4, 0.5) is 0 Å². The molecular weight excluding hydrogens is 666 g/mol. The van der Waals surface area contributed by atoms with Gasteiger partial charge in [-0.3, -0.25) is 28.9 Å². The van der Waals surface area contributed by atoms with Crippen molar-refractivity contribution >= 4 is 54.0 Å². The predicted octanol–water partition coefficient (Wildman–Crippen LogP) is 1.12. The number of nitrogens with zero attached hydrogens (tertiary/aromatic N) is 2. The predicted molar refractivity (Wildman–Crippen MR) is 169 cm³/mol. The van der Waals surface area contributed by atoms with Crippen molar-refractivity contribution in [2.75, 3.05) is 52.1 Å². The first-order chi connectivity index (χ1) is 21.5. The standard InChI is InChI=1S/C29H39Cl2N4O10P/c1-28(43)15-6-4-7-18(37)19(15)23(38)20-16(28)14-17-22(34(2)3)24(39)21(26(41)29(17,44)25(20)40)27(42)33-46(45,32-10-5-13-36)35(11-8-30)12-9-31/h4,6-7,16-17,22,36-38,41,43-44H,5,8-14H2,1-3H3,(H2,32,33,42,45). The smallest absolute Gasteiger partial charge is 0.308 e. The van der Waals surface area contributed by atoms with E-state index in [2.05, 4.69) is 10.2 Å². The maximum Gasteiger partial charge on any atom is 0.308 e. The molecule has 1 aromatic rings. The first-order valence-corrected chi connectivity index (χ1v) is 17.3. The molecule has 3 aliphatic carbocycles. The highest BCUT2D eigenvalue weighted by molar-refractivity contribution is 7.58. The fourth-order valence-electron chi connectivity index (χ4n) is 6.78.